The summed E-state index contributed by atoms with van der Waals surface area (Å²) in [5.41, 5.74) is 2.36. The number of hydrogen-bond acceptors (Lipinski definition) is 3. The van der Waals surface area contributed by atoms with E-state index in [0.29, 0.717) is 13.2 Å². The van der Waals surface area contributed by atoms with Crippen LogP contribution in [0, 0.1) is 12.8 Å². The van der Waals surface area contributed by atoms with Gasteiger partial charge >= 0.3 is 0 Å². The minimum absolute atomic E-state index is 0. The normalized spacial score (nSPS) is 20.1. The van der Waals surface area contributed by atoms with Gasteiger partial charge in [-0.3, -0.25) is 4.99 Å². The molecule has 2 N–H and O–H groups in total. The van der Waals surface area contributed by atoms with Gasteiger partial charge in [-0.15, -0.1) is 24.0 Å². The molecule has 140 valence electrons. The Balaban J connectivity index is 0.00000225. The quantitative estimate of drug-likeness (QED) is 0.374. The smallest absolute Gasteiger partial charge is 0.191 e. The summed E-state index contributed by atoms with van der Waals surface area (Å²) in [5, 5.41) is 6.79. The van der Waals surface area contributed by atoms with Crippen LogP contribution in [-0.2, 0) is 11.3 Å². The van der Waals surface area contributed by atoms with Crippen LogP contribution in [0.2, 0.25) is 0 Å². The summed E-state index contributed by atoms with van der Waals surface area (Å²) in [6.07, 6.45) is 5.15. The monoisotopic (exact) mass is 459 g/mol. The average molecular weight is 459 g/mol. The molecule has 0 aromatic heterocycles. The number of ether oxygens (including phenoxy) is 2. The lowest BCUT2D eigenvalue weighted by Crippen LogP contribution is -2.37. The highest BCUT2D eigenvalue weighted by molar-refractivity contribution is 14.0. The first-order chi connectivity index (χ1) is 11.7. The van der Waals surface area contributed by atoms with E-state index in [1.54, 1.807) is 0 Å². The Labute approximate surface area is 168 Å². The molecule has 6 heteroatoms. The zero-order valence-corrected chi connectivity index (χ0v) is 17.5. The molecule has 1 aliphatic carbocycles. The number of halogens is 1. The van der Waals surface area contributed by atoms with Gasteiger partial charge in [0.1, 0.15) is 11.9 Å². The number of nitrogens with zero attached hydrogens (tertiary/aromatic N) is 1. The van der Waals surface area contributed by atoms with Crippen LogP contribution in [0.3, 0.4) is 0 Å². The molecule has 1 atom stereocenters. The number of nitrogens with one attached hydrogen (secondary N) is 2. The number of benzene rings is 1. The van der Waals surface area contributed by atoms with Crippen LogP contribution < -0.4 is 15.4 Å². The molecule has 1 aromatic rings. The lowest BCUT2D eigenvalue weighted by atomic mass is 10.1. The van der Waals surface area contributed by atoms with Crippen molar-refractivity contribution < 1.29 is 9.47 Å². The molecule has 0 radical (unpaired) electrons. The van der Waals surface area contributed by atoms with Gasteiger partial charge in [-0.1, -0.05) is 25.0 Å². The summed E-state index contributed by atoms with van der Waals surface area (Å²) in [7, 11) is 1.81. The largest absolute Gasteiger partial charge is 0.488 e. The van der Waals surface area contributed by atoms with Crippen molar-refractivity contribution in [1.29, 1.82) is 0 Å². The van der Waals surface area contributed by atoms with Crippen molar-refractivity contribution in [2.75, 3.05) is 26.8 Å². The Morgan fingerprint density at radius 2 is 2.12 bits per heavy atom. The summed E-state index contributed by atoms with van der Waals surface area (Å²) in [5.74, 6) is 2.74. The van der Waals surface area contributed by atoms with Crippen molar-refractivity contribution >= 4 is 29.9 Å². The zero-order valence-electron chi connectivity index (χ0n) is 15.2. The molecule has 1 aromatic carbocycles. The highest BCUT2D eigenvalue weighted by atomic mass is 127. The number of aliphatic imine (C=N–C) groups is 1. The number of rotatable bonds is 7. The summed E-state index contributed by atoms with van der Waals surface area (Å²) in [4.78, 5) is 4.30. The second kappa shape index (κ2) is 10.2. The summed E-state index contributed by atoms with van der Waals surface area (Å²) in [6, 6.07) is 6.36. The van der Waals surface area contributed by atoms with E-state index in [1.165, 1.54) is 24.8 Å². The van der Waals surface area contributed by atoms with E-state index >= 15 is 0 Å². The third-order valence-electron chi connectivity index (χ3n) is 4.62. The van der Waals surface area contributed by atoms with Crippen LogP contribution in [0.15, 0.2) is 23.2 Å². The number of aryl methyl sites for hydroxylation is 1. The molecular weight excluding hydrogens is 429 g/mol. The first-order valence-corrected chi connectivity index (χ1v) is 9.03. The second-order valence-corrected chi connectivity index (χ2v) is 6.80. The molecule has 2 aliphatic rings. The molecule has 1 saturated carbocycles. The van der Waals surface area contributed by atoms with E-state index in [0.717, 1.165) is 42.8 Å². The third kappa shape index (κ3) is 6.66. The standard InChI is InChI=1S/C19H29N3O2.HI/c1-14-3-6-16(18(11-14)24-17-8-10-23-13-17)12-22-19(20-2)21-9-7-15-4-5-15;/h3,6,11,15,17H,4-5,7-10,12-13H2,1-2H3,(H2,20,21,22);1H. The van der Waals surface area contributed by atoms with Crippen LogP contribution in [0.4, 0.5) is 0 Å². The van der Waals surface area contributed by atoms with Gasteiger partial charge in [0.25, 0.3) is 0 Å². The van der Waals surface area contributed by atoms with Crippen molar-refractivity contribution in [2.45, 2.75) is 45.3 Å². The fraction of sp³-hybridized carbons (Fsp3) is 0.632. The average Bonchev–Trinajstić information content (AvgIpc) is 3.26. The molecular formula is C19H30IN3O2. The Bertz CT molecular complexity index is 570. The molecule has 0 amide bonds. The zero-order chi connectivity index (χ0) is 16.8. The van der Waals surface area contributed by atoms with Gasteiger partial charge in [0, 0.05) is 32.1 Å². The van der Waals surface area contributed by atoms with Crippen molar-refractivity contribution in [3.63, 3.8) is 0 Å². The van der Waals surface area contributed by atoms with Gasteiger partial charge in [0.05, 0.1) is 13.2 Å². The van der Waals surface area contributed by atoms with Gasteiger partial charge < -0.3 is 20.1 Å². The maximum atomic E-state index is 6.15. The Hall–Kier alpha value is -1.02. The topological polar surface area (TPSA) is 54.9 Å². The summed E-state index contributed by atoms with van der Waals surface area (Å²) in [6.45, 7) is 5.26. The van der Waals surface area contributed by atoms with Crippen LogP contribution in [0.25, 0.3) is 0 Å². The molecule has 2 fully saturated rings. The second-order valence-electron chi connectivity index (χ2n) is 6.80. The predicted molar refractivity (Wildman–Crippen MR) is 112 cm³/mol. The van der Waals surface area contributed by atoms with Crippen molar-refractivity contribution in [3.8, 4) is 5.75 Å². The first-order valence-electron chi connectivity index (χ1n) is 9.03. The van der Waals surface area contributed by atoms with Gasteiger partial charge in [0.15, 0.2) is 5.96 Å². The fourth-order valence-electron chi connectivity index (χ4n) is 2.90. The molecule has 1 unspecified atom stereocenters. The Morgan fingerprint density at radius 1 is 1.28 bits per heavy atom. The van der Waals surface area contributed by atoms with Crippen LogP contribution in [0.1, 0.15) is 36.8 Å². The molecule has 0 spiro atoms. The maximum Gasteiger partial charge on any atom is 0.191 e. The third-order valence-corrected chi connectivity index (χ3v) is 4.62. The van der Waals surface area contributed by atoms with E-state index < -0.39 is 0 Å². The van der Waals surface area contributed by atoms with Crippen LogP contribution >= 0.6 is 24.0 Å². The van der Waals surface area contributed by atoms with Crippen molar-refractivity contribution in [3.05, 3.63) is 29.3 Å². The van der Waals surface area contributed by atoms with E-state index in [2.05, 4.69) is 40.7 Å². The van der Waals surface area contributed by atoms with Gasteiger partial charge in [-0.25, -0.2) is 0 Å². The summed E-state index contributed by atoms with van der Waals surface area (Å²) < 4.78 is 11.6. The number of guanidine groups is 1. The fourth-order valence-corrected chi connectivity index (χ4v) is 2.90. The lowest BCUT2D eigenvalue weighted by Gasteiger charge is -2.18. The molecule has 1 heterocycles. The van der Waals surface area contributed by atoms with E-state index in [1.807, 2.05) is 7.05 Å². The van der Waals surface area contributed by atoms with Crippen LogP contribution in [0.5, 0.6) is 5.75 Å². The highest BCUT2D eigenvalue weighted by Gasteiger charge is 2.20. The van der Waals surface area contributed by atoms with Gasteiger partial charge in [0.2, 0.25) is 0 Å². The SMILES string of the molecule is CN=C(NCCC1CC1)NCc1ccc(C)cc1OC1CCOC1.I. The van der Waals surface area contributed by atoms with Crippen molar-refractivity contribution in [1.82, 2.24) is 10.6 Å². The van der Waals surface area contributed by atoms with E-state index in [-0.39, 0.29) is 30.1 Å². The molecule has 25 heavy (non-hydrogen) atoms. The highest BCUT2D eigenvalue weighted by Crippen LogP contribution is 2.31. The minimum Gasteiger partial charge on any atom is -0.488 e. The van der Waals surface area contributed by atoms with Gasteiger partial charge in [-0.05, 0) is 30.9 Å². The minimum atomic E-state index is 0. The maximum absolute atomic E-state index is 6.15. The van der Waals surface area contributed by atoms with Crippen molar-refractivity contribution in [2.24, 2.45) is 10.9 Å². The van der Waals surface area contributed by atoms with Crippen LogP contribution in [-0.4, -0.2) is 38.9 Å². The Kier molecular flexibility index (Phi) is 8.29. The first kappa shape index (κ1) is 20.3. The van der Waals surface area contributed by atoms with Gasteiger partial charge in [-0.2, -0.15) is 0 Å². The summed E-state index contributed by atoms with van der Waals surface area (Å²) >= 11 is 0. The molecule has 0 bridgehead atoms. The molecule has 5 nitrogen and oxygen atoms in total. The number of hydrogen-bond donors (Lipinski definition) is 2. The molecule has 3 rings (SSSR count). The van der Waals surface area contributed by atoms with E-state index in [9.17, 15) is 0 Å². The molecule has 1 aliphatic heterocycles. The molecule has 1 saturated heterocycles. The van der Waals surface area contributed by atoms with E-state index in [4.69, 9.17) is 9.47 Å². The Morgan fingerprint density at radius 3 is 2.80 bits per heavy atom. The lowest BCUT2D eigenvalue weighted by molar-refractivity contribution is 0.140. The predicted octanol–water partition coefficient (Wildman–Crippen LogP) is 3.25.